The second kappa shape index (κ2) is 5.23. The van der Waals surface area contributed by atoms with E-state index < -0.39 is 11.7 Å². The largest absolute Gasteiger partial charge is 0.481 e. The van der Waals surface area contributed by atoms with Crippen molar-refractivity contribution in [3.8, 4) is 0 Å². The van der Waals surface area contributed by atoms with Crippen molar-refractivity contribution in [2.75, 3.05) is 0 Å². The lowest BCUT2D eigenvalue weighted by atomic mass is 10.3. The Morgan fingerprint density at radius 2 is 2.16 bits per heavy atom. The maximum atomic E-state index is 12.2. The Balaban J connectivity index is 2.70. The minimum absolute atomic E-state index is 0.0405. The normalized spacial score (nSPS) is 10.7. The Kier molecular flexibility index (Phi) is 3.66. The third kappa shape index (κ3) is 2.37. The molecule has 1 N–H and O–H groups in total. The first-order valence-corrected chi connectivity index (χ1v) is 6.47. The molecular formula is C12H12N2O4S. The number of rotatable bonds is 5. The summed E-state index contributed by atoms with van der Waals surface area (Å²) in [6.07, 6.45) is 1.29. The summed E-state index contributed by atoms with van der Waals surface area (Å²) >= 11 is 1.24. The standard InChI is InChI=1S/C12H12N2O4S/c1-2-5-14-11(17)10-8(4-7-19-10)13(12(14)18)6-3-9(15)16/h2,4,7H,1,3,5-6H2,(H,15,16). The van der Waals surface area contributed by atoms with Crippen molar-refractivity contribution in [3.63, 3.8) is 0 Å². The molecule has 2 aromatic heterocycles. The zero-order chi connectivity index (χ0) is 14.0. The van der Waals surface area contributed by atoms with Gasteiger partial charge in [0.1, 0.15) is 4.70 Å². The van der Waals surface area contributed by atoms with E-state index in [4.69, 9.17) is 5.11 Å². The Morgan fingerprint density at radius 3 is 2.79 bits per heavy atom. The SMILES string of the molecule is C=CCn1c(=O)c2sccc2n(CCC(=O)O)c1=O. The van der Waals surface area contributed by atoms with E-state index in [2.05, 4.69) is 6.58 Å². The van der Waals surface area contributed by atoms with Crippen LogP contribution >= 0.6 is 11.3 Å². The summed E-state index contributed by atoms with van der Waals surface area (Å²) in [6, 6.07) is 1.66. The zero-order valence-corrected chi connectivity index (χ0v) is 10.9. The molecule has 100 valence electrons. The lowest BCUT2D eigenvalue weighted by molar-refractivity contribution is -0.137. The van der Waals surface area contributed by atoms with Crippen molar-refractivity contribution >= 4 is 27.5 Å². The van der Waals surface area contributed by atoms with Crippen LogP contribution in [0.3, 0.4) is 0 Å². The summed E-state index contributed by atoms with van der Waals surface area (Å²) < 4.78 is 2.84. The van der Waals surface area contributed by atoms with Gasteiger partial charge in [-0.3, -0.25) is 18.7 Å². The molecule has 0 saturated carbocycles. The number of carboxylic acid groups (broad SMARTS) is 1. The van der Waals surface area contributed by atoms with Gasteiger partial charge in [0.2, 0.25) is 0 Å². The second-order valence-corrected chi connectivity index (χ2v) is 4.83. The molecule has 2 aromatic rings. The van der Waals surface area contributed by atoms with E-state index in [1.54, 1.807) is 11.4 Å². The van der Waals surface area contributed by atoms with Gasteiger partial charge in [0.15, 0.2) is 0 Å². The molecule has 0 radical (unpaired) electrons. The summed E-state index contributed by atoms with van der Waals surface area (Å²) in [4.78, 5) is 34.9. The lowest BCUT2D eigenvalue weighted by Gasteiger charge is -2.09. The molecular weight excluding hydrogens is 268 g/mol. The van der Waals surface area contributed by atoms with E-state index in [9.17, 15) is 14.4 Å². The molecule has 0 atom stereocenters. The van der Waals surface area contributed by atoms with Crippen LogP contribution < -0.4 is 11.2 Å². The van der Waals surface area contributed by atoms with E-state index in [0.29, 0.717) is 10.2 Å². The van der Waals surface area contributed by atoms with E-state index in [-0.39, 0.29) is 25.1 Å². The lowest BCUT2D eigenvalue weighted by Crippen LogP contribution is -2.39. The number of fused-ring (bicyclic) bond motifs is 1. The molecule has 0 aliphatic rings. The van der Waals surface area contributed by atoms with Crippen LogP contribution in [-0.4, -0.2) is 20.2 Å². The first kappa shape index (κ1) is 13.3. The van der Waals surface area contributed by atoms with Gasteiger partial charge in [-0.2, -0.15) is 0 Å². The highest BCUT2D eigenvalue weighted by Gasteiger charge is 2.13. The first-order valence-electron chi connectivity index (χ1n) is 5.59. The zero-order valence-electron chi connectivity index (χ0n) is 10.0. The van der Waals surface area contributed by atoms with E-state index >= 15 is 0 Å². The van der Waals surface area contributed by atoms with Crippen LogP contribution in [0, 0.1) is 0 Å². The molecule has 6 nitrogen and oxygen atoms in total. The molecule has 0 amide bonds. The molecule has 0 aromatic carbocycles. The molecule has 2 rings (SSSR count). The van der Waals surface area contributed by atoms with E-state index in [1.807, 2.05) is 0 Å². The predicted octanol–water partition coefficient (Wildman–Crippen LogP) is 0.885. The third-order valence-corrected chi connectivity index (χ3v) is 3.59. The fourth-order valence-corrected chi connectivity index (χ4v) is 2.69. The van der Waals surface area contributed by atoms with Crippen molar-refractivity contribution in [2.45, 2.75) is 19.5 Å². The van der Waals surface area contributed by atoms with Crippen LogP contribution in [0.15, 0.2) is 33.7 Å². The molecule has 19 heavy (non-hydrogen) atoms. The Bertz CT molecular complexity index is 753. The summed E-state index contributed by atoms with van der Waals surface area (Å²) in [5.41, 5.74) is -0.375. The molecule has 0 aliphatic carbocycles. The maximum absolute atomic E-state index is 12.2. The van der Waals surface area contributed by atoms with Gasteiger partial charge in [0.25, 0.3) is 5.56 Å². The summed E-state index contributed by atoms with van der Waals surface area (Å²) in [5.74, 6) is -0.989. The topological polar surface area (TPSA) is 81.3 Å². The Hall–Kier alpha value is -2.15. The minimum Gasteiger partial charge on any atom is -0.481 e. The fourth-order valence-electron chi connectivity index (χ4n) is 1.85. The first-order chi connectivity index (χ1) is 9.06. The van der Waals surface area contributed by atoms with Gasteiger partial charge in [0, 0.05) is 13.1 Å². The van der Waals surface area contributed by atoms with Crippen LogP contribution in [0.1, 0.15) is 6.42 Å². The van der Waals surface area contributed by atoms with Crippen LogP contribution in [0.4, 0.5) is 0 Å². The van der Waals surface area contributed by atoms with E-state index in [1.165, 1.54) is 22.0 Å². The molecule has 0 aliphatic heterocycles. The van der Waals surface area contributed by atoms with Crippen molar-refractivity contribution < 1.29 is 9.90 Å². The number of aromatic nitrogens is 2. The summed E-state index contributed by atoms with van der Waals surface area (Å²) in [6.45, 7) is 3.66. The third-order valence-electron chi connectivity index (χ3n) is 2.70. The fraction of sp³-hybridized carbons (Fsp3) is 0.250. The molecule has 0 fully saturated rings. The maximum Gasteiger partial charge on any atom is 0.331 e. The van der Waals surface area contributed by atoms with Gasteiger partial charge in [-0.25, -0.2) is 4.79 Å². The number of aryl methyl sites for hydroxylation is 1. The van der Waals surface area contributed by atoms with Gasteiger partial charge < -0.3 is 5.11 Å². The summed E-state index contributed by atoms with van der Waals surface area (Å²) in [7, 11) is 0. The van der Waals surface area contributed by atoms with Crippen LogP contribution in [0.2, 0.25) is 0 Å². The van der Waals surface area contributed by atoms with Gasteiger partial charge in [0.05, 0.1) is 11.9 Å². The highest BCUT2D eigenvalue weighted by Crippen LogP contribution is 2.15. The van der Waals surface area contributed by atoms with Gasteiger partial charge in [-0.05, 0) is 11.4 Å². The average molecular weight is 280 g/mol. The summed E-state index contributed by atoms with van der Waals surface area (Å²) in [5, 5.41) is 10.4. The molecule has 0 saturated heterocycles. The number of carboxylic acids is 1. The number of allylic oxidation sites excluding steroid dienone is 1. The number of aliphatic carboxylic acids is 1. The van der Waals surface area contributed by atoms with Gasteiger partial charge >= 0.3 is 11.7 Å². The Labute approximate surface area is 111 Å². The molecule has 0 unspecified atom stereocenters. The molecule has 0 bridgehead atoms. The number of thiophene rings is 1. The number of carbonyl (C=O) groups is 1. The van der Waals surface area contributed by atoms with Crippen molar-refractivity contribution in [3.05, 3.63) is 44.9 Å². The van der Waals surface area contributed by atoms with Crippen molar-refractivity contribution in [1.29, 1.82) is 0 Å². The van der Waals surface area contributed by atoms with Gasteiger partial charge in [-0.15, -0.1) is 17.9 Å². The van der Waals surface area contributed by atoms with Crippen LogP contribution in [0.25, 0.3) is 10.2 Å². The minimum atomic E-state index is -0.989. The van der Waals surface area contributed by atoms with Crippen LogP contribution in [0.5, 0.6) is 0 Å². The van der Waals surface area contributed by atoms with Crippen molar-refractivity contribution in [2.24, 2.45) is 0 Å². The quantitative estimate of drug-likeness (QED) is 0.824. The second-order valence-electron chi connectivity index (χ2n) is 3.92. The van der Waals surface area contributed by atoms with Gasteiger partial charge in [-0.1, -0.05) is 6.08 Å². The predicted molar refractivity (Wildman–Crippen MR) is 72.8 cm³/mol. The smallest absolute Gasteiger partial charge is 0.331 e. The highest BCUT2D eigenvalue weighted by atomic mass is 32.1. The molecule has 7 heteroatoms. The molecule has 0 spiro atoms. The highest BCUT2D eigenvalue weighted by molar-refractivity contribution is 7.17. The van der Waals surface area contributed by atoms with E-state index in [0.717, 1.165) is 4.57 Å². The number of hydrogen-bond donors (Lipinski definition) is 1. The number of hydrogen-bond acceptors (Lipinski definition) is 4. The van der Waals surface area contributed by atoms with Crippen molar-refractivity contribution in [1.82, 2.24) is 9.13 Å². The Morgan fingerprint density at radius 1 is 1.42 bits per heavy atom. The average Bonchev–Trinajstić information content (AvgIpc) is 2.83. The number of nitrogens with zero attached hydrogens (tertiary/aromatic N) is 2. The molecule has 2 heterocycles. The monoisotopic (exact) mass is 280 g/mol. The van der Waals surface area contributed by atoms with Crippen LogP contribution in [-0.2, 0) is 17.9 Å².